The third-order valence-electron chi connectivity index (χ3n) is 4.23. The maximum absolute atomic E-state index is 13.5. The summed E-state index contributed by atoms with van der Waals surface area (Å²) >= 11 is 0. The molecule has 1 fully saturated rings. The van der Waals surface area contributed by atoms with Gasteiger partial charge in [0.25, 0.3) is 0 Å². The van der Waals surface area contributed by atoms with Crippen molar-refractivity contribution in [1.82, 2.24) is 0 Å². The number of fused-ring (bicyclic) bond motifs is 2. The average Bonchev–Trinajstić information content (AvgIpc) is 2.94. The first-order chi connectivity index (χ1) is 8.24. The number of anilines is 1. The third-order valence-corrected chi connectivity index (χ3v) is 4.23. The van der Waals surface area contributed by atoms with Crippen LogP contribution < -0.4 is 5.32 Å². The van der Waals surface area contributed by atoms with E-state index < -0.39 is 0 Å². The summed E-state index contributed by atoms with van der Waals surface area (Å²) < 4.78 is 13.5. The maximum atomic E-state index is 13.5. The molecule has 1 saturated carbocycles. The first kappa shape index (κ1) is 10.8. The van der Waals surface area contributed by atoms with Crippen LogP contribution in [0.25, 0.3) is 0 Å². The Bertz CT molecular complexity index is 440. The van der Waals surface area contributed by atoms with Gasteiger partial charge >= 0.3 is 0 Å². The monoisotopic (exact) mass is 231 g/mol. The van der Waals surface area contributed by atoms with Crippen LogP contribution in [0.15, 0.2) is 36.4 Å². The lowest BCUT2D eigenvalue weighted by atomic mass is 9.87. The Morgan fingerprint density at radius 3 is 2.71 bits per heavy atom. The average molecular weight is 231 g/mol. The zero-order valence-electron chi connectivity index (χ0n) is 10.1. The van der Waals surface area contributed by atoms with Crippen molar-refractivity contribution in [3.05, 3.63) is 42.2 Å². The van der Waals surface area contributed by atoms with Gasteiger partial charge < -0.3 is 5.32 Å². The molecule has 3 rings (SSSR count). The molecule has 1 aromatic carbocycles. The molecule has 17 heavy (non-hydrogen) atoms. The molecule has 1 aromatic rings. The second-order valence-corrected chi connectivity index (χ2v) is 5.36. The molecule has 1 N–H and O–H groups in total. The van der Waals surface area contributed by atoms with Gasteiger partial charge in [0.2, 0.25) is 0 Å². The van der Waals surface area contributed by atoms with Gasteiger partial charge in [-0.1, -0.05) is 24.3 Å². The lowest BCUT2D eigenvalue weighted by Crippen LogP contribution is -2.29. The minimum absolute atomic E-state index is 0.155. The number of benzene rings is 1. The van der Waals surface area contributed by atoms with E-state index in [1.807, 2.05) is 12.1 Å². The predicted molar refractivity (Wildman–Crippen MR) is 68.3 cm³/mol. The van der Waals surface area contributed by atoms with Crippen LogP contribution in [0.5, 0.6) is 0 Å². The van der Waals surface area contributed by atoms with Crippen molar-refractivity contribution >= 4 is 5.69 Å². The summed E-state index contributed by atoms with van der Waals surface area (Å²) in [6, 6.07) is 7.27. The molecule has 1 nitrogen and oxygen atoms in total. The topological polar surface area (TPSA) is 12.0 Å². The maximum Gasteiger partial charge on any atom is 0.146 e. The van der Waals surface area contributed by atoms with Crippen molar-refractivity contribution in [1.29, 1.82) is 0 Å². The lowest BCUT2D eigenvalue weighted by Gasteiger charge is -2.27. The van der Waals surface area contributed by atoms with Gasteiger partial charge in [-0.3, -0.25) is 0 Å². The molecule has 0 heterocycles. The number of para-hydroxylation sites is 1. The summed E-state index contributed by atoms with van der Waals surface area (Å²) in [5, 5.41) is 3.33. The fraction of sp³-hybridized carbons (Fsp3) is 0.467. The molecule has 4 unspecified atom stereocenters. The number of allylic oxidation sites excluding steroid dienone is 2. The van der Waals surface area contributed by atoms with Gasteiger partial charge in [0.15, 0.2) is 0 Å². The Kier molecular flexibility index (Phi) is 2.65. The molecular formula is C15H18FN. The molecule has 0 spiro atoms. The predicted octanol–water partition coefficient (Wildman–Crippen LogP) is 3.84. The first-order valence-corrected chi connectivity index (χ1v) is 6.43. The molecule has 2 heteroatoms. The largest absolute Gasteiger partial charge is 0.380 e. The van der Waals surface area contributed by atoms with Gasteiger partial charge in [0, 0.05) is 6.04 Å². The second-order valence-electron chi connectivity index (χ2n) is 5.36. The van der Waals surface area contributed by atoms with E-state index in [1.165, 1.54) is 18.9 Å². The van der Waals surface area contributed by atoms with Crippen LogP contribution in [-0.4, -0.2) is 6.04 Å². The summed E-state index contributed by atoms with van der Waals surface area (Å²) in [7, 11) is 0. The molecule has 2 bridgehead atoms. The number of rotatable bonds is 3. The Morgan fingerprint density at radius 1 is 1.24 bits per heavy atom. The number of hydrogen-bond donors (Lipinski definition) is 1. The Morgan fingerprint density at radius 2 is 2.06 bits per heavy atom. The van der Waals surface area contributed by atoms with Crippen molar-refractivity contribution < 1.29 is 4.39 Å². The van der Waals surface area contributed by atoms with Crippen molar-refractivity contribution in [3.63, 3.8) is 0 Å². The van der Waals surface area contributed by atoms with Crippen LogP contribution >= 0.6 is 0 Å². The molecule has 0 saturated heterocycles. The fourth-order valence-electron chi connectivity index (χ4n) is 3.33. The van der Waals surface area contributed by atoms with Crippen LogP contribution in [0, 0.1) is 23.6 Å². The molecular weight excluding hydrogens is 213 g/mol. The first-order valence-electron chi connectivity index (χ1n) is 6.43. The van der Waals surface area contributed by atoms with Crippen molar-refractivity contribution in [3.8, 4) is 0 Å². The van der Waals surface area contributed by atoms with Crippen LogP contribution in [0.1, 0.15) is 19.8 Å². The zero-order chi connectivity index (χ0) is 11.8. The number of hydrogen-bond acceptors (Lipinski definition) is 1. The normalized spacial score (nSPS) is 31.8. The third kappa shape index (κ3) is 1.97. The van der Waals surface area contributed by atoms with E-state index in [4.69, 9.17) is 0 Å². The molecule has 0 aliphatic heterocycles. The number of halogens is 1. The highest BCUT2D eigenvalue weighted by Gasteiger charge is 2.38. The van der Waals surface area contributed by atoms with Crippen LogP contribution in [0.4, 0.5) is 10.1 Å². The van der Waals surface area contributed by atoms with Crippen LogP contribution in [0.3, 0.4) is 0 Å². The highest BCUT2D eigenvalue weighted by atomic mass is 19.1. The summed E-state index contributed by atoms with van der Waals surface area (Å²) in [5.74, 6) is 1.98. The highest BCUT2D eigenvalue weighted by Crippen LogP contribution is 2.45. The molecule has 0 amide bonds. The smallest absolute Gasteiger partial charge is 0.146 e. The van der Waals surface area contributed by atoms with Gasteiger partial charge in [-0.05, 0) is 49.7 Å². The zero-order valence-corrected chi connectivity index (χ0v) is 10.1. The molecule has 4 atom stereocenters. The fourth-order valence-corrected chi connectivity index (χ4v) is 3.33. The van der Waals surface area contributed by atoms with Crippen molar-refractivity contribution in [2.45, 2.75) is 25.8 Å². The van der Waals surface area contributed by atoms with Gasteiger partial charge in [0.1, 0.15) is 5.82 Å². The highest BCUT2D eigenvalue weighted by molar-refractivity contribution is 5.45. The van der Waals surface area contributed by atoms with E-state index in [1.54, 1.807) is 6.07 Å². The van der Waals surface area contributed by atoms with Gasteiger partial charge in [-0.25, -0.2) is 4.39 Å². The quantitative estimate of drug-likeness (QED) is 0.779. The second kappa shape index (κ2) is 4.17. The van der Waals surface area contributed by atoms with E-state index >= 15 is 0 Å². The minimum atomic E-state index is -0.155. The summed E-state index contributed by atoms with van der Waals surface area (Å²) in [6.45, 7) is 2.17. The summed E-state index contributed by atoms with van der Waals surface area (Å²) in [4.78, 5) is 0. The Balaban J connectivity index is 1.70. The standard InChI is InChI=1S/C15H18FN/c1-10(13-9-11-6-7-12(13)8-11)17-15-5-3-2-4-14(15)16/h2-7,10-13,17H,8-9H2,1H3. The van der Waals surface area contributed by atoms with Crippen LogP contribution in [0.2, 0.25) is 0 Å². The Hall–Kier alpha value is -1.31. The van der Waals surface area contributed by atoms with E-state index in [9.17, 15) is 4.39 Å². The van der Waals surface area contributed by atoms with Gasteiger partial charge in [-0.15, -0.1) is 0 Å². The van der Waals surface area contributed by atoms with Gasteiger partial charge in [-0.2, -0.15) is 0 Å². The Labute approximate surface area is 102 Å². The van der Waals surface area contributed by atoms with Crippen LogP contribution in [-0.2, 0) is 0 Å². The van der Waals surface area contributed by atoms with Crippen molar-refractivity contribution in [2.24, 2.45) is 17.8 Å². The minimum Gasteiger partial charge on any atom is -0.380 e. The molecule has 90 valence electrons. The molecule has 2 aliphatic carbocycles. The lowest BCUT2D eigenvalue weighted by molar-refractivity contribution is 0.398. The van der Waals surface area contributed by atoms with E-state index in [2.05, 4.69) is 24.4 Å². The van der Waals surface area contributed by atoms with E-state index in [-0.39, 0.29) is 5.82 Å². The van der Waals surface area contributed by atoms with Crippen molar-refractivity contribution in [2.75, 3.05) is 5.32 Å². The summed E-state index contributed by atoms with van der Waals surface area (Å²) in [5.41, 5.74) is 0.631. The molecule has 0 radical (unpaired) electrons. The SMILES string of the molecule is CC(Nc1ccccc1F)C1CC2C=CC1C2. The number of nitrogens with one attached hydrogen (secondary N) is 1. The molecule has 0 aromatic heterocycles. The molecule has 2 aliphatic rings. The van der Waals surface area contributed by atoms with E-state index in [0.717, 1.165) is 5.92 Å². The summed E-state index contributed by atoms with van der Waals surface area (Å²) in [6.07, 6.45) is 7.24. The van der Waals surface area contributed by atoms with E-state index in [0.29, 0.717) is 23.6 Å². The van der Waals surface area contributed by atoms with Gasteiger partial charge in [0.05, 0.1) is 5.69 Å².